The van der Waals surface area contributed by atoms with Crippen LogP contribution in [0.15, 0.2) is 57.9 Å². The number of amides is 1. The van der Waals surface area contributed by atoms with E-state index in [2.05, 4.69) is 15.4 Å². The molecule has 160 valence electrons. The summed E-state index contributed by atoms with van der Waals surface area (Å²) < 4.78 is 8.27. The molecule has 0 aliphatic heterocycles. The van der Waals surface area contributed by atoms with Crippen LogP contribution in [0, 0.1) is 0 Å². The van der Waals surface area contributed by atoms with Gasteiger partial charge in [-0.15, -0.1) is 16.4 Å². The van der Waals surface area contributed by atoms with Crippen molar-refractivity contribution < 1.29 is 9.21 Å². The predicted molar refractivity (Wildman–Crippen MR) is 122 cm³/mol. The van der Waals surface area contributed by atoms with Crippen LogP contribution in [0.4, 0.5) is 5.69 Å². The maximum atomic E-state index is 13.4. The average Bonchev–Trinajstić information content (AvgIpc) is 3.55. The molecular formula is C23H19N5O3S. The summed E-state index contributed by atoms with van der Waals surface area (Å²) in [6.45, 7) is -0.102. The van der Waals surface area contributed by atoms with E-state index >= 15 is 0 Å². The molecule has 1 aromatic carbocycles. The van der Waals surface area contributed by atoms with Gasteiger partial charge in [0.1, 0.15) is 11.4 Å². The normalized spacial score (nSPS) is 13.5. The fraction of sp³-hybridized carbons (Fsp3) is 0.217. The van der Waals surface area contributed by atoms with E-state index in [0.717, 1.165) is 35.9 Å². The number of aromatic nitrogens is 4. The molecule has 0 radical (unpaired) electrons. The number of rotatable bonds is 4. The third kappa shape index (κ3) is 3.04. The quantitative estimate of drug-likeness (QED) is 0.453. The molecule has 1 amide bonds. The Morgan fingerprint density at radius 1 is 1.12 bits per heavy atom. The molecule has 0 bridgehead atoms. The van der Waals surface area contributed by atoms with Crippen molar-refractivity contribution in [1.29, 1.82) is 0 Å². The number of furan rings is 1. The van der Waals surface area contributed by atoms with Gasteiger partial charge in [0.05, 0.1) is 11.6 Å². The summed E-state index contributed by atoms with van der Waals surface area (Å²) in [4.78, 5) is 33.0. The minimum absolute atomic E-state index is 0.102. The van der Waals surface area contributed by atoms with Gasteiger partial charge in [-0.05, 0) is 55.5 Å². The van der Waals surface area contributed by atoms with Gasteiger partial charge in [0.2, 0.25) is 11.7 Å². The molecule has 1 N–H and O–H groups in total. The van der Waals surface area contributed by atoms with E-state index < -0.39 is 0 Å². The molecule has 8 nitrogen and oxygen atoms in total. The number of nitrogens with one attached hydrogen (secondary N) is 1. The molecule has 0 atom stereocenters. The lowest BCUT2D eigenvalue weighted by molar-refractivity contribution is -0.116. The molecule has 4 aromatic heterocycles. The van der Waals surface area contributed by atoms with Crippen LogP contribution in [0.25, 0.3) is 27.4 Å². The molecular weight excluding hydrogens is 426 g/mol. The Kier molecular flexibility index (Phi) is 4.43. The van der Waals surface area contributed by atoms with E-state index in [0.29, 0.717) is 22.9 Å². The number of carbonyl (C=O) groups excluding carboxylic acids is 1. The van der Waals surface area contributed by atoms with Crippen molar-refractivity contribution in [3.8, 4) is 11.6 Å². The molecule has 5 aromatic rings. The number of nitrogens with zero attached hydrogens (tertiary/aromatic N) is 4. The van der Waals surface area contributed by atoms with Crippen molar-refractivity contribution in [3.63, 3.8) is 0 Å². The van der Waals surface area contributed by atoms with Crippen molar-refractivity contribution in [2.45, 2.75) is 32.2 Å². The molecule has 9 heteroatoms. The maximum absolute atomic E-state index is 13.4. The number of anilines is 1. The van der Waals surface area contributed by atoms with Crippen LogP contribution in [-0.2, 0) is 24.2 Å². The second kappa shape index (κ2) is 7.45. The molecule has 4 heterocycles. The second-order valence-electron chi connectivity index (χ2n) is 7.82. The summed E-state index contributed by atoms with van der Waals surface area (Å²) in [5.74, 6) is 0.589. The predicted octanol–water partition coefficient (Wildman–Crippen LogP) is 3.88. The second-order valence-corrected chi connectivity index (χ2v) is 8.91. The lowest BCUT2D eigenvalue weighted by Gasteiger charge is -2.11. The van der Waals surface area contributed by atoms with E-state index in [1.54, 1.807) is 29.7 Å². The molecule has 0 saturated carbocycles. The van der Waals surface area contributed by atoms with Gasteiger partial charge in [-0.3, -0.25) is 9.36 Å². The number of carbonyl (C=O) groups is 1. The van der Waals surface area contributed by atoms with Gasteiger partial charge in [0.25, 0.3) is 0 Å². The molecule has 0 spiro atoms. The lowest BCUT2D eigenvalue weighted by atomic mass is 9.97. The number of aryl methyl sites for hydroxylation is 2. The smallest absolute Gasteiger partial charge is 0.352 e. The Morgan fingerprint density at radius 3 is 2.78 bits per heavy atom. The van der Waals surface area contributed by atoms with E-state index in [9.17, 15) is 9.59 Å². The highest BCUT2D eigenvalue weighted by molar-refractivity contribution is 7.19. The summed E-state index contributed by atoms with van der Waals surface area (Å²) in [6.07, 6.45) is 5.68. The van der Waals surface area contributed by atoms with Crippen LogP contribution >= 0.6 is 11.3 Å². The highest BCUT2D eigenvalue weighted by Gasteiger charge is 2.25. The third-order valence-corrected chi connectivity index (χ3v) is 7.06. The Labute approximate surface area is 186 Å². The number of para-hydroxylation sites is 1. The fourth-order valence-electron chi connectivity index (χ4n) is 4.30. The molecule has 0 fully saturated rings. The minimum Gasteiger partial charge on any atom is -0.461 e. The monoisotopic (exact) mass is 445 g/mol. The van der Waals surface area contributed by atoms with Crippen molar-refractivity contribution in [3.05, 3.63) is 69.7 Å². The van der Waals surface area contributed by atoms with Gasteiger partial charge in [-0.1, -0.05) is 18.2 Å². The third-order valence-electron chi connectivity index (χ3n) is 5.74. The first-order valence-electron chi connectivity index (χ1n) is 10.5. The van der Waals surface area contributed by atoms with Crippen LogP contribution in [0.2, 0.25) is 0 Å². The summed E-state index contributed by atoms with van der Waals surface area (Å²) in [6, 6.07) is 12.7. The van der Waals surface area contributed by atoms with Gasteiger partial charge >= 0.3 is 5.69 Å². The Balaban J connectivity index is 1.54. The minimum atomic E-state index is -0.389. The molecule has 0 unspecified atom stereocenters. The Hall–Kier alpha value is -3.72. The largest absolute Gasteiger partial charge is 0.461 e. The first-order valence-corrected chi connectivity index (χ1v) is 11.3. The van der Waals surface area contributed by atoms with E-state index in [1.165, 1.54) is 19.5 Å². The highest BCUT2D eigenvalue weighted by atomic mass is 32.1. The molecule has 1 aliphatic carbocycles. The Bertz CT molecular complexity index is 1510. The topological polar surface area (TPSA) is 94.4 Å². The fourth-order valence-corrected chi connectivity index (χ4v) is 5.67. The van der Waals surface area contributed by atoms with Gasteiger partial charge in [0.15, 0.2) is 11.4 Å². The SMILES string of the molecule is O=C(Cn1c(=O)n2nc(-c3ccco3)nc2c2c3c(sc21)CCCC3)Nc1ccccc1. The van der Waals surface area contributed by atoms with Crippen LogP contribution in [0.5, 0.6) is 0 Å². The van der Waals surface area contributed by atoms with E-state index in [-0.39, 0.29) is 18.1 Å². The first kappa shape index (κ1) is 19.0. The van der Waals surface area contributed by atoms with Crippen LogP contribution in [-0.4, -0.2) is 25.1 Å². The van der Waals surface area contributed by atoms with Crippen LogP contribution in [0.1, 0.15) is 23.3 Å². The molecule has 0 saturated heterocycles. The lowest BCUT2D eigenvalue weighted by Crippen LogP contribution is -2.32. The van der Waals surface area contributed by atoms with Gasteiger partial charge < -0.3 is 9.73 Å². The van der Waals surface area contributed by atoms with Gasteiger partial charge in [-0.25, -0.2) is 9.78 Å². The van der Waals surface area contributed by atoms with Crippen LogP contribution in [0.3, 0.4) is 0 Å². The number of thiophene rings is 1. The molecule has 6 rings (SSSR count). The number of hydrogen-bond acceptors (Lipinski definition) is 6. The van der Waals surface area contributed by atoms with Crippen molar-refractivity contribution in [2.24, 2.45) is 0 Å². The zero-order chi connectivity index (χ0) is 21.7. The summed E-state index contributed by atoms with van der Waals surface area (Å²) in [5, 5.41) is 8.22. The van der Waals surface area contributed by atoms with Crippen molar-refractivity contribution >= 4 is 38.8 Å². The Morgan fingerprint density at radius 2 is 1.97 bits per heavy atom. The van der Waals surface area contributed by atoms with Crippen LogP contribution < -0.4 is 11.0 Å². The van der Waals surface area contributed by atoms with Crippen molar-refractivity contribution in [2.75, 3.05) is 5.32 Å². The zero-order valence-corrected chi connectivity index (χ0v) is 17.9. The molecule has 32 heavy (non-hydrogen) atoms. The van der Waals surface area contributed by atoms with E-state index in [4.69, 9.17) is 4.42 Å². The van der Waals surface area contributed by atoms with Crippen molar-refractivity contribution in [1.82, 2.24) is 19.2 Å². The average molecular weight is 446 g/mol. The van der Waals surface area contributed by atoms with E-state index in [1.807, 2.05) is 30.3 Å². The standard InChI is InChI=1S/C23H19N5O3S/c29-18(24-14-7-2-1-3-8-14)13-27-22-19(15-9-4-5-11-17(15)32-22)21-25-20(16-10-6-12-31-16)26-28(21)23(27)30/h1-3,6-8,10,12H,4-5,9,11,13H2,(H,24,29). The maximum Gasteiger partial charge on any atom is 0.352 e. The highest BCUT2D eigenvalue weighted by Crippen LogP contribution is 2.37. The summed E-state index contributed by atoms with van der Waals surface area (Å²) in [5.41, 5.74) is 2.04. The van der Waals surface area contributed by atoms with Gasteiger partial charge in [0, 0.05) is 10.6 Å². The zero-order valence-electron chi connectivity index (χ0n) is 17.1. The number of fused-ring (bicyclic) bond motifs is 5. The number of benzene rings is 1. The number of hydrogen-bond donors (Lipinski definition) is 1. The summed E-state index contributed by atoms with van der Waals surface area (Å²) >= 11 is 1.59. The van der Waals surface area contributed by atoms with Gasteiger partial charge in [-0.2, -0.15) is 4.52 Å². The first-order chi connectivity index (χ1) is 15.7. The summed E-state index contributed by atoms with van der Waals surface area (Å²) in [7, 11) is 0. The molecule has 1 aliphatic rings.